The molecule has 0 aliphatic heterocycles. The van der Waals surface area contributed by atoms with E-state index >= 15 is 0 Å². The summed E-state index contributed by atoms with van der Waals surface area (Å²) in [7, 11) is 0. The normalized spacial score (nSPS) is 10.2. The predicted molar refractivity (Wildman–Crippen MR) is 83.0 cm³/mol. The largest absolute Gasteiger partial charge is 0.494 e. The first-order valence-corrected chi connectivity index (χ1v) is 7.17. The highest BCUT2D eigenvalue weighted by Gasteiger charge is 2.08. The van der Waals surface area contributed by atoms with Crippen molar-refractivity contribution in [3.63, 3.8) is 0 Å². The Balaban J connectivity index is 2.02. The fourth-order valence-corrected chi connectivity index (χ4v) is 2.25. The van der Waals surface area contributed by atoms with Crippen LogP contribution in [0.4, 0.5) is 0 Å². The minimum absolute atomic E-state index is 0.186. The Morgan fingerprint density at radius 2 is 1.95 bits per heavy atom. The highest BCUT2D eigenvalue weighted by molar-refractivity contribution is 6.33. The van der Waals surface area contributed by atoms with E-state index in [0.29, 0.717) is 18.7 Å². The molecule has 1 amide bonds. The zero-order valence-corrected chi connectivity index (χ0v) is 12.9. The molecule has 0 aliphatic rings. The van der Waals surface area contributed by atoms with Crippen LogP contribution in [0, 0.1) is 0 Å². The van der Waals surface area contributed by atoms with Crippen molar-refractivity contribution < 1.29 is 9.53 Å². The van der Waals surface area contributed by atoms with Crippen molar-refractivity contribution in [2.45, 2.75) is 13.5 Å². The Bertz CT molecular complexity index is 627. The molecule has 1 N–H and O–H groups in total. The van der Waals surface area contributed by atoms with Crippen LogP contribution < -0.4 is 10.1 Å². The number of aromatic nitrogens is 1. The van der Waals surface area contributed by atoms with E-state index in [0.717, 1.165) is 11.3 Å². The molecule has 1 aromatic carbocycles. The Morgan fingerprint density at radius 3 is 2.62 bits per heavy atom. The number of hydrogen-bond donors (Lipinski definition) is 1. The summed E-state index contributed by atoms with van der Waals surface area (Å²) in [6.07, 6.45) is 0. The average molecular weight is 325 g/mol. The van der Waals surface area contributed by atoms with E-state index in [1.54, 1.807) is 0 Å². The average Bonchev–Trinajstić information content (AvgIpc) is 2.44. The third-order valence-corrected chi connectivity index (χ3v) is 3.07. The van der Waals surface area contributed by atoms with Gasteiger partial charge in [-0.3, -0.25) is 4.79 Å². The second-order valence-electron chi connectivity index (χ2n) is 4.26. The highest BCUT2D eigenvalue weighted by atomic mass is 35.5. The van der Waals surface area contributed by atoms with Crippen LogP contribution in [0.1, 0.15) is 22.8 Å². The molecule has 110 valence electrons. The third kappa shape index (κ3) is 4.62. The maximum Gasteiger partial charge on any atom is 0.251 e. The van der Waals surface area contributed by atoms with E-state index in [9.17, 15) is 4.79 Å². The van der Waals surface area contributed by atoms with Gasteiger partial charge in [-0.05, 0) is 36.8 Å². The van der Waals surface area contributed by atoms with Crippen LogP contribution >= 0.6 is 23.2 Å². The molecule has 0 saturated carbocycles. The molecule has 0 atom stereocenters. The fraction of sp³-hybridized carbons (Fsp3) is 0.200. The van der Waals surface area contributed by atoms with Gasteiger partial charge in [-0.2, -0.15) is 0 Å². The third-order valence-electron chi connectivity index (χ3n) is 2.69. The van der Waals surface area contributed by atoms with E-state index in [2.05, 4.69) is 10.3 Å². The minimum atomic E-state index is -0.261. The monoisotopic (exact) mass is 324 g/mol. The molecule has 0 saturated heterocycles. The SMILES string of the molecule is CCOc1cccc(CNC(=O)c2cc(Cl)nc(Cl)c2)c1. The Kier molecular flexibility index (Phi) is 5.42. The molecule has 2 aromatic rings. The lowest BCUT2D eigenvalue weighted by molar-refractivity contribution is 0.0950. The van der Waals surface area contributed by atoms with E-state index in [1.165, 1.54) is 12.1 Å². The summed E-state index contributed by atoms with van der Waals surface area (Å²) in [6.45, 7) is 2.91. The zero-order chi connectivity index (χ0) is 15.2. The van der Waals surface area contributed by atoms with Crippen molar-refractivity contribution in [1.82, 2.24) is 10.3 Å². The standard InChI is InChI=1S/C15H14Cl2N2O2/c1-2-21-12-5-3-4-10(6-12)9-18-15(20)11-7-13(16)19-14(17)8-11/h3-8H,2,9H2,1H3,(H,18,20). The van der Waals surface area contributed by atoms with Gasteiger partial charge in [0.15, 0.2) is 0 Å². The molecule has 0 spiro atoms. The maximum absolute atomic E-state index is 12.0. The van der Waals surface area contributed by atoms with Gasteiger partial charge in [0, 0.05) is 12.1 Å². The van der Waals surface area contributed by atoms with E-state index < -0.39 is 0 Å². The lowest BCUT2D eigenvalue weighted by Crippen LogP contribution is -2.22. The number of nitrogens with zero attached hydrogens (tertiary/aromatic N) is 1. The summed E-state index contributed by atoms with van der Waals surface area (Å²) in [5.41, 5.74) is 1.32. The Labute approximate surface area is 133 Å². The number of hydrogen-bond acceptors (Lipinski definition) is 3. The number of benzene rings is 1. The number of rotatable bonds is 5. The van der Waals surface area contributed by atoms with Gasteiger partial charge in [-0.15, -0.1) is 0 Å². The van der Waals surface area contributed by atoms with Gasteiger partial charge in [-0.25, -0.2) is 4.98 Å². The van der Waals surface area contributed by atoms with Crippen molar-refractivity contribution in [3.05, 3.63) is 57.8 Å². The summed E-state index contributed by atoms with van der Waals surface area (Å²) in [6, 6.07) is 10.5. The lowest BCUT2D eigenvalue weighted by Gasteiger charge is -2.08. The van der Waals surface area contributed by atoms with Crippen molar-refractivity contribution in [3.8, 4) is 5.75 Å². The number of nitrogens with one attached hydrogen (secondary N) is 1. The molecule has 1 aromatic heterocycles. The number of carbonyl (C=O) groups excluding carboxylic acids is 1. The van der Waals surface area contributed by atoms with Gasteiger partial charge in [-0.1, -0.05) is 35.3 Å². The number of carbonyl (C=O) groups is 1. The second-order valence-corrected chi connectivity index (χ2v) is 5.04. The molecule has 0 unspecified atom stereocenters. The first-order valence-electron chi connectivity index (χ1n) is 6.41. The van der Waals surface area contributed by atoms with Crippen LogP contribution in [-0.2, 0) is 6.54 Å². The molecule has 0 bridgehead atoms. The number of ether oxygens (including phenoxy) is 1. The van der Waals surface area contributed by atoms with Crippen LogP contribution in [0.25, 0.3) is 0 Å². The van der Waals surface area contributed by atoms with E-state index in [-0.39, 0.29) is 16.2 Å². The summed E-state index contributed by atoms with van der Waals surface area (Å²) < 4.78 is 5.41. The first kappa shape index (κ1) is 15.6. The molecule has 2 rings (SSSR count). The molecule has 0 fully saturated rings. The van der Waals surface area contributed by atoms with E-state index in [1.807, 2.05) is 31.2 Å². The van der Waals surface area contributed by atoms with Crippen molar-refractivity contribution in [2.24, 2.45) is 0 Å². The highest BCUT2D eigenvalue weighted by Crippen LogP contribution is 2.16. The molecule has 0 aliphatic carbocycles. The Hall–Kier alpha value is -1.78. The number of pyridine rings is 1. The van der Waals surface area contributed by atoms with Gasteiger partial charge in [0.2, 0.25) is 0 Å². The van der Waals surface area contributed by atoms with Crippen molar-refractivity contribution >= 4 is 29.1 Å². The summed E-state index contributed by atoms with van der Waals surface area (Å²) >= 11 is 11.5. The number of halogens is 2. The summed E-state index contributed by atoms with van der Waals surface area (Å²) in [5, 5.41) is 3.17. The van der Waals surface area contributed by atoms with Crippen LogP contribution in [0.5, 0.6) is 5.75 Å². The predicted octanol–water partition coefficient (Wildman–Crippen LogP) is 3.72. The number of amides is 1. The second kappa shape index (κ2) is 7.29. The molecule has 6 heteroatoms. The van der Waals surface area contributed by atoms with Crippen LogP contribution in [0.2, 0.25) is 10.3 Å². The first-order chi connectivity index (χ1) is 10.1. The van der Waals surface area contributed by atoms with Gasteiger partial charge < -0.3 is 10.1 Å². The minimum Gasteiger partial charge on any atom is -0.494 e. The summed E-state index contributed by atoms with van der Waals surface area (Å²) in [5.74, 6) is 0.516. The summed E-state index contributed by atoms with van der Waals surface area (Å²) in [4.78, 5) is 15.8. The molecular weight excluding hydrogens is 311 g/mol. The molecule has 4 nitrogen and oxygen atoms in total. The van der Waals surface area contributed by atoms with Crippen LogP contribution in [0.3, 0.4) is 0 Å². The Morgan fingerprint density at radius 1 is 1.24 bits per heavy atom. The maximum atomic E-state index is 12.0. The smallest absolute Gasteiger partial charge is 0.251 e. The fourth-order valence-electron chi connectivity index (χ4n) is 1.79. The topological polar surface area (TPSA) is 51.2 Å². The molecule has 1 heterocycles. The molecule has 0 radical (unpaired) electrons. The van der Waals surface area contributed by atoms with Crippen molar-refractivity contribution in [2.75, 3.05) is 6.61 Å². The van der Waals surface area contributed by atoms with Gasteiger partial charge in [0.25, 0.3) is 5.91 Å². The van der Waals surface area contributed by atoms with E-state index in [4.69, 9.17) is 27.9 Å². The van der Waals surface area contributed by atoms with Gasteiger partial charge in [0.1, 0.15) is 16.1 Å². The van der Waals surface area contributed by atoms with Crippen LogP contribution in [-0.4, -0.2) is 17.5 Å². The van der Waals surface area contributed by atoms with Gasteiger partial charge >= 0.3 is 0 Å². The molecule has 21 heavy (non-hydrogen) atoms. The van der Waals surface area contributed by atoms with Crippen LogP contribution in [0.15, 0.2) is 36.4 Å². The lowest BCUT2D eigenvalue weighted by atomic mass is 10.2. The molecular formula is C15H14Cl2N2O2. The quantitative estimate of drug-likeness (QED) is 0.853. The zero-order valence-electron chi connectivity index (χ0n) is 11.4. The van der Waals surface area contributed by atoms with Gasteiger partial charge in [0.05, 0.1) is 6.61 Å². The van der Waals surface area contributed by atoms with Crippen molar-refractivity contribution in [1.29, 1.82) is 0 Å².